The van der Waals surface area contributed by atoms with Gasteiger partial charge in [-0.25, -0.2) is 15.0 Å². The van der Waals surface area contributed by atoms with Gasteiger partial charge in [0, 0.05) is 122 Å². The zero-order chi connectivity index (χ0) is 88.9. The monoisotopic (exact) mass is 1780 g/mol. The number of para-hydroxylation sites is 8. The maximum atomic E-state index is 14.4. The van der Waals surface area contributed by atoms with Crippen LogP contribution in [0.2, 0.25) is 0 Å². The molecule has 12 aromatic heterocycles. The van der Waals surface area contributed by atoms with E-state index in [1.165, 1.54) is 125 Å². The van der Waals surface area contributed by atoms with E-state index in [9.17, 15) is 14.4 Å². The lowest BCUT2D eigenvalue weighted by Crippen LogP contribution is -2.20. The van der Waals surface area contributed by atoms with E-state index in [4.69, 9.17) is 15.0 Å². The van der Waals surface area contributed by atoms with Crippen molar-refractivity contribution >= 4 is 258 Å². The molecule has 0 aliphatic rings. The standard InChI is InChI=1S/3C40H23N3OS/c44-40-29-17-7-4-14-25(29)28-22-23-34(41-39(28)42(40)24-12-2-1-3-13-24)43-32-20-10-8-18-30(32)35-26-15-5-6-16-27(26)36-31-19-9-11-21-33(31)45-38(36)37(35)43;2*44-40-37-28(25-14-6-9-19-31(25)42(40)24-12-2-1-3-13-24)22-23-34(41-37)43-32-20-10-7-17-29(32)35-26-15-4-5-16-27(26)36-30-18-8-11-21-33(30)45-39(36)38(35)43/h3*1-23H. The molecule has 630 valence electrons. The van der Waals surface area contributed by atoms with Gasteiger partial charge < -0.3 is 0 Å². The molecule has 12 nitrogen and oxygen atoms in total. The summed E-state index contributed by atoms with van der Waals surface area (Å²) in [6.07, 6.45) is 0. The lowest BCUT2D eigenvalue weighted by atomic mass is 9.99. The number of rotatable bonds is 6. The Kier molecular flexibility index (Phi) is 16.9. The number of benzene rings is 18. The van der Waals surface area contributed by atoms with Crippen LogP contribution >= 0.6 is 34.0 Å². The van der Waals surface area contributed by atoms with E-state index in [1.54, 1.807) is 13.7 Å². The van der Waals surface area contributed by atoms with E-state index < -0.39 is 0 Å². The molecule has 0 spiro atoms. The highest BCUT2D eigenvalue weighted by Gasteiger charge is 2.29. The summed E-state index contributed by atoms with van der Waals surface area (Å²) < 4.78 is 19.7. The zero-order valence-electron chi connectivity index (χ0n) is 71.8. The Morgan fingerprint density at radius 3 is 0.770 bits per heavy atom. The third-order valence-corrected chi connectivity index (χ3v) is 30.9. The second kappa shape index (κ2) is 29.8. The molecule has 0 fully saturated rings. The molecule has 0 radical (unpaired) electrons. The molecule has 135 heavy (non-hydrogen) atoms. The van der Waals surface area contributed by atoms with Gasteiger partial charge in [0.2, 0.25) is 0 Å². The van der Waals surface area contributed by atoms with Crippen molar-refractivity contribution in [1.82, 2.24) is 42.4 Å². The van der Waals surface area contributed by atoms with Gasteiger partial charge in [-0.3, -0.25) is 41.8 Å². The van der Waals surface area contributed by atoms with Gasteiger partial charge in [-0.2, -0.15) is 0 Å². The smallest absolute Gasteiger partial charge is 0.282 e. The number of fused-ring (bicyclic) bond motifs is 39. The van der Waals surface area contributed by atoms with Gasteiger partial charge in [0.15, 0.2) is 0 Å². The highest BCUT2D eigenvalue weighted by atomic mass is 32.1. The predicted molar refractivity (Wildman–Crippen MR) is 569 cm³/mol. The maximum Gasteiger partial charge on any atom is 0.282 e. The summed E-state index contributed by atoms with van der Waals surface area (Å²) in [6, 6.07) is 144. The molecule has 0 aliphatic carbocycles. The predicted octanol–water partition coefficient (Wildman–Crippen LogP) is 30.5. The lowest BCUT2D eigenvalue weighted by Gasteiger charge is -2.15. The van der Waals surface area contributed by atoms with Crippen molar-refractivity contribution in [1.29, 1.82) is 0 Å². The van der Waals surface area contributed by atoms with E-state index >= 15 is 0 Å². The first-order valence-electron chi connectivity index (χ1n) is 45.1. The zero-order valence-corrected chi connectivity index (χ0v) is 74.3. The first kappa shape index (κ1) is 76.5. The number of thiophene rings is 3. The van der Waals surface area contributed by atoms with E-state index in [0.717, 1.165) is 111 Å². The molecule has 0 saturated heterocycles. The Bertz CT molecular complexity index is 10200. The van der Waals surface area contributed by atoms with Gasteiger partial charge in [-0.1, -0.05) is 291 Å². The summed E-state index contributed by atoms with van der Waals surface area (Å²) in [5, 5.41) is 28.4. The Balaban J connectivity index is 0.000000101. The number of hydrogen-bond acceptors (Lipinski definition) is 9. The van der Waals surface area contributed by atoms with Crippen molar-refractivity contribution in [2.75, 3.05) is 0 Å². The molecule has 30 rings (SSSR count). The Labute approximate surface area is 778 Å². The third kappa shape index (κ3) is 11.2. The van der Waals surface area contributed by atoms with Crippen molar-refractivity contribution in [3.8, 4) is 34.5 Å². The van der Waals surface area contributed by atoms with Crippen LogP contribution in [0, 0.1) is 0 Å². The van der Waals surface area contributed by atoms with Crippen molar-refractivity contribution in [2.24, 2.45) is 0 Å². The van der Waals surface area contributed by atoms with Crippen LogP contribution in [0.1, 0.15) is 0 Å². The minimum Gasteiger partial charge on any atom is -0.292 e. The van der Waals surface area contributed by atoms with Gasteiger partial charge in [0.25, 0.3) is 16.7 Å². The van der Waals surface area contributed by atoms with Crippen LogP contribution in [0.15, 0.2) is 433 Å². The maximum absolute atomic E-state index is 14.4. The van der Waals surface area contributed by atoms with Gasteiger partial charge in [-0.05, 0) is 165 Å². The van der Waals surface area contributed by atoms with Crippen LogP contribution in [-0.2, 0) is 0 Å². The quantitative estimate of drug-likeness (QED) is 0.153. The minimum atomic E-state index is -0.130. The number of nitrogens with zero attached hydrogens (tertiary/aromatic N) is 9. The van der Waals surface area contributed by atoms with E-state index in [2.05, 4.69) is 281 Å². The normalized spacial score (nSPS) is 12.1. The molecule has 30 aromatic rings. The molecule has 0 bridgehead atoms. The second-order valence-corrected chi connectivity index (χ2v) is 37.6. The topological polar surface area (TPSA) is 119 Å². The fourth-order valence-electron chi connectivity index (χ4n) is 21.8. The summed E-state index contributed by atoms with van der Waals surface area (Å²) in [5.74, 6) is 2.24. The molecule has 0 N–H and O–H groups in total. The molecule has 12 heterocycles. The molecular formula is C120H69N9O3S3. The molecule has 0 amide bonds. The van der Waals surface area contributed by atoms with Crippen LogP contribution in [-0.4, -0.2) is 42.4 Å². The average Bonchev–Trinajstić information content (AvgIpc) is 1.55. The van der Waals surface area contributed by atoms with Crippen molar-refractivity contribution in [3.63, 3.8) is 0 Å². The Morgan fingerprint density at radius 2 is 0.422 bits per heavy atom. The number of hydrogen-bond donors (Lipinski definition) is 0. The van der Waals surface area contributed by atoms with Gasteiger partial charge >= 0.3 is 0 Å². The Morgan fingerprint density at radius 1 is 0.170 bits per heavy atom. The van der Waals surface area contributed by atoms with Crippen LogP contribution in [0.4, 0.5) is 0 Å². The first-order valence-corrected chi connectivity index (χ1v) is 47.5. The van der Waals surface area contributed by atoms with E-state index in [0.29, 0.717) is 22.1 Å². The number of aromatic nitrogens is 9. The molecule has 0 saturated carbocycles. The van der Waals surface area contributed by atoms with Crippen LogP contribution in [0.25, 0.3) is 258 Å². The van der Waals surface area contributed by atoms with Crippen LogP contribution in [0.3, 0.4) is 0 Å². The largest absolute Gasteiger partial charge is 0.292 e. The van der Waals surface area contributed by atoms with E-state index in [1.807, 2.05) is 186 Å². The van der Waals surface area contributed by atoms with Crippen molar-refractivity contribution in [2.45, 2.75) is 0 Å². The van der Waals surface area contributed by atoms with Gasteiger partial charge in [-0.15, -0.1) is 34.0 Å². The van der Waals surface area contributed by atoms with Crippen molar-refractivity contribution in [3.05, 3.63) is 450 Å². The number of pyridine rings is 6. The summed E-state index contributed by atoms with van der Waals surface area (Å²) in [7, 11) is 0. The van der Waals surface area contributed by atoms with Gasteiger partial charge in [0.1, 0.15) is 34.1 Å². The summed E-state index contributed by atoms with van der Waals surface area (Å²) in [5.41, 5.74) is 12.0. The molecule has 0 aliphatic heterocycles. The lowest BCUT2D eigenvalue weighted by molar-refractivity contribution is 1.01. The second-order valence-electron chi connectivity index (χ2n) is 34.5. The summed E-state index contributed by atoms with van der Waals surface area (Å²) in [4.78, 5) is 58.7. The van der Waals surface area contributed by atoms with E-state index in [-0.39, 0.29) is 16.7 Å². The van der Waals surface area contributed by atoms with Crippen molar-refractivity contribution < 1.29 is 0 Å². The van der Waals surface area contributed by atoms with Crippen LogP contribution in [0.5, 0.6) is 0 Å². The molecule has 18 aromatic carbocycles. The first-order chi connectivity index (χ1) is 66.8. The molecule has 0 unspecified atom stereocenters. The molecular weight excluding hydrogens is 1710 g/mol. The minimum absolute atomic E-state index is 0.0749. The summed E-state index contributed by atoms with van der Waals surface area (Å²) >= 11 is 5.48. The SMILES string of the molecule is O=c1c2ccccc2c2ccc(-n3c4ccccc4c4c5ccccc5c5c6ccccc6sc5c43)nc2n1-c1ccccc1.O=c1c2nc(-n3c4ccccc4c4c5ccccc5c5c6ccccc6sc5c43)ccc2c2ccccc2n1-c1ccccc1.O=c1c2nc(-n3c4ccccc4c4c5ccccc5c5c6ccccc6sc5c43)ccc2c2ccccc2n1-c1ccccc1. The fraction of sp³-hybridized carbons (Fsp3) is 0. The molecule has 15 heteroatoms. The van der Waals surface area contributed by atoms with Crippen LogP contribution < -0.4 is 16.7 Å². The third-order valence-electron chi connectivity index (χ3n) is 27.3. The fourth-order valence-corrected chi connectivity index (χ4v) is 25.5. The highest BCUT2D eigenvalue weighted by molar-refractivity contribution is 7.28. The van der Waals surface area contributed by atoms with Gasteiger partial charge in [0.05, 0.1) is 63.9 Å². The Hall–Kier alpha value is -17.3. The average molecular weight is 1780 g/mol. The summed E-state index contributed by atoms with van der Waals surface area (Å²) in [6.45, 7) is 0. The highest BCUT2D eigenvalue weighted by Crippen LogP contribution is 2.53. The molecule has 0 atom stereocenters.